The van der Waals surface area contributed by atoms with Crippen LogP contribution in [0.2, 0.25) is 0 Å². The van der Waals surface area contributed by atoms with Crippen LogP contribution in [0.15, 0.2) is 36.5 Å². The van der Waals surface area contributed by atoms with Crippen LogP contribution in [0.4, 0.5) is 8.78 Å². The number of fused-ring (bicyclic) bond motifs is 1. The van der Waals surface area contributed by atoms with Crippen molar-refractivity contribution in [2.75, 3.05) is 6.54 Å². The molecule has 2 aromatic heterocycles. The second-order valence-electron chi connectivity index (χ2n) is 7.82. The van der Waals surface area contributed by atoms with Crippen molar-refractivity contribution in [1.29, 1.82) is 0 Å². The summed E-state index contributed by atoms with van der Waals surface area (Å²) >= 11 is 0. The van der Waals surface area contributed by atoms with Crippen molar-refractivity contribution >= 4 is 5.91 Å². The smallest absolute Gasteiger partial charge is 0.291 e. The predicted octanol–water partition coefficient (Wildman–Crippen LogP) is 4.54. The van der Waals surface area contributed by atoms with Crippen LogP contribution in [-0.2, 0) is 6.67 Å². The molecule has 1 amide bonds. The molecule has 30 heavy (non-hydrogen) atoms. The van der Waals surface area contributed by atoms with E-state index in [0.29, 0.717) is 35.4 Å². The Morgan fingerprint density at radius 1 is 1.20 bits per heavy atom. The van der Waals surface area contributed by atoms with Gasteiger partial charge in [-0.3, -0.25) is 4.79 Å². The number of aryl methyl sites for hydroxylation is 1. The number of halogens is 2. The first-order valence-corrected chi connectivity index (χ1v) is 9.95. The minimum Gasteiger partial charge on any atom is -0.439 e. The lowest BCUT2D eigenvalue weighted by Crippen LogP contribution is -2.33. The molecule has 0 radical (unpaired) electrons. The van der Waals surface area contributed by atoms with Crippen molar-refractivity contribution in [3.05, 3.63) is 59.7 Å². The summed E-state index contributed by atoms with van der Waals surface area (Å²) in [5.74, 6) is 0.256. The van der Waals surface area contributed by atoms with Crippen LogP contribution in [0.5, 0.6) is 11.6 Å². The number of nitrogens with zero attached hydrogens (tertiary/aromatic N) is 4. The van der Waals surface area contributed by atoms with E-state index in [1.54, 1.807) is 28.5 Å². The quantitative estimate of drug-likeness (QED) is 0.620. The number of aromatic nitrogens is 3. The molecule has 0 spiro atoms. The molecule has 0 unspecified atom stereocenters. The van der Waals surface area contributed by atoms with Crippen LogP contribution < -0.4 is 4.74 Å². The molecule has 154 valence electrons. The molecule has 0 N–H and O–H groups in total. The topological polar surface area (TPSA) is 60.2 Å². The van der Waals surface area contributed by atoms with Gasteiger partial charge in [-0.2, -0.15) is 0 Å². The lowest BCUT2D eigenvalue weighted by atomic mass is 9.85. The Morgan fingerprint density at radius 2 is 2.03 bits per heavy atom. The fourth-order valence-corrected chi connectivity index (χ4v) is 4.01. The fraction of sp³-hybridized carbons (Fsp3) is 0.318. The van der Waals surface area contributed by atoms with Crippen LogP contribution in [0, 0.1) is 24.5 Å². The summed E-state index contributed by atoms with van der Waals surface area (Å²) in [5.41, 5.74) is 1.55. The van der Waals surface area contributed by atoms with Gasteiger partial charge in [-0.05, 0) is 43.9 Å². The first-order valence-electron chi connectivity index (χ1n) is 9.95. The zero-order valence-electron chi connectivity index (χ0n) is 16.4. The minimum atomic E-state index is -0.495. The number of benzene rings is 1. The van der Waals surface area contributed by atoms with Crippen molar-refractivity contribution in [3.8, 4) is 22.9 Å². The third kappa shape index (κ3) is 3.22. The molecule has 1 aromatic carbocycles. The fourth-order valence-electron chi connectivity index (χ4n) is 4.01. The lowest BCUT2D eigenvalue weighted by molar-refractivity contribution is 0.0702. The molecule has 5 rings (SSSR count). The second-order valence-corrected chi connectivity index (χ2v) is 7.82. The van der Waals surface area contributed by atoms with E-state index in [9.17, 15) is 13.6 Å². The number of carbonyl (C=O) groups excluding carboxylic acids is 1. The largest absolute Gasteiger partial charge is 0.439 e. The van der Waals surface area contributed by atoms with E-state index < -0.39 is 11.6 Å². The first kappa shape index (κ1) is 18.7. The number of pyridine rings is 1. The molecule has 3 aromatic rings. The van der Waals surface area contributed by atoms with Crippen molar-refractivity contribution in [2.24, 2.45) is 5.92 Å². The third-order valence-electron chi connectivity index (χ3n) is 5.75. The van der Waals surface area contributed by atoms with Crippen molar-refractivity contribution in [3.63, 3.8) is 0 Å². The van der Waals surface area contributed by atoms with E-state index in [-0.39, 0.29) is 17.5 Å². The van der Waals surface area contributed by atoms with Crippen LogP contribution in [-0.4, -0.2) is 31.9 Å². The van der Waals surface area contributed by atoms with E-state index in [2.05, 4.69) is 9.97 Å². The number of hydrogen-bond acceptors (Lipinski definition) is 4. The highest BCUT2D eigenvalue weighted by atomic mass is 19.1. The standard InChI is InChI=1S/C22H20F2N4O2/c1-13-20(28-12-27(11-14-3-2-4-14)22(29)21(28)26-13)17-7-6-16(9-18(17)24)30-19-8-5-15(23)10-25-19/h5-10,14H,2-4,11-12H2,1H3. The van der Waals surface area contributed by atoms with Gasteiger partial charge in [0.25, 0.3) is 5.91 Å². The van der Waals surface area contributed by atoms with Crippen molar-refractivity contribution in [1.82, 2.24) is 19.4 Å². The van der Waals surface area contributed by atoms with Gasteiger partial charge in [0.1, 0.15) is 17.4 Å². The molecular formula is C22H20F2N4O2. The zero-order chi connectivity index (χ0) is 20.8. The lowest BCUT2D eigenvalue weighted by Gasteiger charge is -2.29. The maximum atomic E-state index is 15.0. The first-order chi connectivity index (χ1) is 14.5. The summed E-state index contributed by atoms with van der Waals surface area (Å²) in [6.45, 7) is 2.88. The Bertz CT molecular complexity index is 1120. The third-order valence-corrected chi connectivity index (χ3v) is 5.75. The number of hydrogen-bond donors (Lipinski definition) is 0. The van der Waals surface area contributed by atoms with Gasteiger partial charge < -0.3 is 14.2 Å². The monoisotopic (exact) mass is 410 g/mol. The molecule has 8 heteroatoms. The van der Waals surface area contributed by atoms with Crippen LogP contribution >= 0.6 is 0 Å². The Kier molecular flexibility index (Phi) is 4.49. The molecule has 1 saturated carbocycles. The van der Waals surface area contributed by atoms with Gasteiger partial charge >= 0.3 is 0 Å². The van der Waals surface area contributed by atoms with E-state index in [4.69, 9.17) is 4.74 Å². The van der Waals surface area contributed by atoms with Crippen molar-refractivity contribution < 1.29 is 18.3 Å². The van der Waals surface area contributed by atoms with Gasteiger partial charge in [0, 0.05) is 24.2 Å². The molecule has 0 atom stereocenters. The average Bonchev–Trinajstić information content (AvgIpc) is 3.16. The Labute approximate surface area is 172 Å². The van der Waals surface area contributed by atoms with Crippen LogP contribution in [0.25, 0.3) is 11.3 Å². The van der Waals surface area contributed by atoms with E-state index >= 15 is 0 Å². The molecule has 2 aliphatic rings. The van der Waals surface area contributed by atoms with E-state index in [1.165, 1.54) is 24.6 Å². The maximum absolute atomic E-state index is 15.0. The van der Waals surface area contributed by atoms with E-state index in [0.717, 1.165) is 25.6 Å². The number of amides is 1. The van der Waals surface area contributed by atoms with E-state index in [1.807, 2.05) is 0 Å². The normalized spacial score (nSPS) is 16.0. The number of imidazole rings is 1. The van der Waals surface area contributed by atoms with Gasteiger partial charge in [0.2, 0.25) is 11.7 Å². The number of ether oxygens (including phenoxy) is 1. The number of carbonyl (C=O) groups is 1. The average molecular weight is 410 g/mol. The number of rotatable bonds is 5. The predicted molar refractivity (Wildman–Crippen MR) is 105 cm³/mol. The highest BCUT2D eigenvalue weighted by molar-refractivity contribution is 5.94. The van der Waals surface area contributed by atoms with Crippen molar-refractivity contribution in [2.45, 2.75) is 32.9 Å². The van der Waals surface area contributed by atoms with Gasteiger partial charge in [-0.1, -0.05) is 6.42 Å². The van der Waals surface area contributed by atoms with Gasteiger partial charge in [-0.25, -0.2) is 18.7 Å². The van der Waals surface area contributed by atoms with Gasteiger partial charge in [-0.15, -0.1) is 0 Å². The zero-order valence-corrected chi connectivity index (χ0v) is 16.4. The molecule has 6 nitrogen and oxygen atoms in total. The van der Waals surface area contributed by atoms with Crippen LogP contribution in [0.3, 0.4) is 0 Å². The van der Waals surface area contributed by atoms with Crippen LogP contribution in [0.1, 0.15) is 35.6 Å². The summed E-state index contributed by atoms with van der Waals surface area (Å²) in [6.07, 6.45) is 4.55. The minimum absolute atomic E-state index is 0.0982. The molecule has 0 bridgehead atoms. The summed E-state index contributed by atoms with van der Waals surface area (Å²) in [6, 6.07) is 7.06. The molecule has 1 fully saturated rings. The molecule has 3 heterocycles. The Hall–Kier alpha value is -3.29. The molecule has 1 aliphatic heterocycles. The summed E-state index contributed by atoms with van der Waals surface area (Å²) < 4.78 is 35.3. The molecule has 1 aliphatic carbocycles. The highest BCUT2D eigenvalue weighted by Crippen LogP contribution is 2.35. The second kappa shape index (κ2) is 7.19. The summed E-state index contributed by atoms with van der Waals surface area (Å²) in [5, 5.41) is 0. The van der Waals surface area contributed by atoms with Gasteiger partial charge in [0.05, 0.1) is 24.3 Å². The van der Waals surface area contributed by atoms with Gasteiger partial charge in [0.15, 0.2) is 0 Å². The summed E-state index contributed by atoms with van der Waals surface area (Å²) in [7, 11) is 0. The highest BCUT2D eigenvalue weighted by Gasteiger charge is 2.35. The maximum Gasteiger partial charge on any atom is 0.291 e. The molecular weight excluding hydrogens is 390 g/mol. The Morgan fingerprint density at radius 3 is 2.70 bits per heavy atom. The molecule has 0 saturated heterocycles. The Balaban J connectivity index is 1.42. The SMILES string of the molecule is Cc1nc2n(c1-c1ccc(Oc3ccc(F)cn3)cc1F)CN(CC1CCC1)C2=O. The summed E-state index contributed by atoms with van der Waals surface area (Å²) in [4.78, 5) is 22.8.